The van der Waals surface area contributed by atoms with Crippen LogP contribution < -0.4 is 15.8 Å². The third-order valence-corrected chi connectivity index (χ3v) is 2.86. The van der Waals surface area contributed by atoms with Gasteiger partial charge >= 0.3 is 0 Å². The second-order valence-corrected chi connectivity index (χ2v) is 4.55. The number of rotatable bonds is 8. The lowest BCUT2D eigenvalue weighted by Crippen LogP contribution is -2.26. The molecule has 21 heavy (non-hydrogen) atoms. The highest BCUT2D eigenvalue weighted by molar-refractivity contribution is 5.75. The highest BCUT2D eigenvalue weighted by atomic mass is 16.5. The molecule has 1 aromatic heterocycles. The molecular weight excluding hydrogens is 270 g/mol. The van der Waals surface area contributed by atoms with E-state index < -0.39 is 0 Å². The largest absolute Gasteiger partial charge is 0.493 e. The van der Waals surface area contributed by atoms with Crippen molar-refractivity contribution < 1.29 is 9.53 Å². The van der Waals surface area contributed by atoms with Crippen molar-refractivity contribution in [2.24, 2.45) is 0 Å². The number of anilines is 1. The molecule has 0 aliphatic carbocycles. The molecule has 1 amide bonds. The normalized spacial score (nSPS) is 10.3. The van der Waals surface area contributed by atoms with Gasteiger partial charge in [0.05, 0.1) is 13.0 Å². The first-order chi connectivity index (χ1) is 10.2. The standard InChI is InChI=1S/C14H19N5O2/c15-11-3-5-12(6-4-11)21-9-7-14(20)16-8-1-2-13-17-10-18-19-13/h3-6,10H,1-2,7-9,15H2,(H,16,20)(H,17,18,19). The number of hydrogen-bond acceptors (Lipinski definition) is 5. The van der Waals surface area contributed by atoms with Crippen LogP contribution in [0.5, 0.6) is 5.75 Å². The number of benzene rings is 1. The van der Waals surface area contributed by atoms with Crippen molar-refractivity contribution in [3.8, 4) is 5.75 Å². The van der Waals surface area contributed by atoms with Gasteiger partial charge in [0.15, 0.2) is 0 Å². The van der Waals surface area contributed by atoms with Crippen molar-refractivity contribution >= 4 is 11.6 Å². The Bertz CT molecular complexity index is 539. The summed E-state index contributed by atoms with van der Waals surface area (Å²) in [5.41, 5.74) is 6.26. The van der Waals surface area contributed by atoms with Crippen molar-refractivity contribution in [2.75, 3.05) is 18.9 Å². The molecule has 0 atom stereocenters. The van der Waals surface area contributed by atoms with Gasteiger partial charge in [-0.25, -0.2) is 4.98 Å². The van der Waals surface area contributed by atoms with Crippen LogP contribution in [0.3, 0.4) is 0 Å². The minimum Gasteiger partial charge on any atom is -0.493 e. The molecule has 7 heteroatoms. The molecule has 0 radical (unpaired) electrons. The molecule has 0 aliphatic heterocycles. The number of ether oxygens (including phenoxy) is 1. The Kier molecular flexibility index (Phi) is 5.57. The van der Waals surface area contributed by atoms with Gasteiger partial charge in [0.1, 0.15) is 17.9 Å². The minimum atomic E-state index is -0.0250. The summed E-state index contributed by atoms with van der Waals surface area (Å²) in [7, 11) is 0. The van der Waals surface area contributed by atoms with E-state index in [-0.39, 0.29) is 5.91 Å². The van der Waals surface area contributed by atoms with Crippen molar-refractivity contribution in [1.82, 2.24) is 20.5 Å². The van der Waals surface area contributed by atoms with E-state index in [0.29, 0.717) is 31.0 Å². The van der Waals surface area contributed by atoms with Gasteiger partial charge < -0.3 is 15.8 Å². The van der Waals surface area contributed by atoms with E-state index in [1.54, 1.807) is 24.3 Å². The number of aromatic amines is 1. The molecular formula is C14H19N5O2. The van der Waals surface area contributed by atoms with Crippen LogP contribution in [-0.2, 0) is 11.2 Å². The van der Waals surface area contributed by atoms with Crippen LogP contribution in [0.15, 0.2) is 30.6 Å². The van der Waals surface area contributed by atoms with Gasteiger partial charge in [0.2, 0.25) is 5.91 Å². The third-order valence-electron chi connectivity index (χ3n) is 2.86. The average Bonchev–Trinajstić information content (AvgIpc) is 2.99. The SMILES string of the molecule is Nc1ccc(OCCC(=O)NCCCc2ncn[nH]2)cc1. The van der Waals surface area contributed by atoms with Crippen LogP contribution in [0.1, 0.15) is 18.7 Å². The molecule has 0 aliphatic rings. The van der Waals surface area contributed by atoms with E-state index >= 15 is 0 Å². The van der Waals surface area contributed by atoms with Crippen LogP contribution in [0.25, 0.3) is 0 Å². The number of aromatic nitrogens is 3. The number of amides is 1. The monoisotopic (exact) mass is 289 g/mol. The van der Waals surface area contributed by atoms with E-state index in [4.69, 9.17) is 10.5 Å². The molecule has 0 saturated carbocycles. The molecule has 2 aromatic rings. The summed E-state index contributed by atoms with van der Waals surface area (Å²) < 4.78 is 5.46. The molecule has 4 N–H and O–H groups in total. The van der Waals surface area contributed by atoms with E-state index in [1.165, 1.54) is 6.33 Å². The Hall–Kier alpha value is -2.57. The quantitative estimate of drug-likeness (QED) is 0.494. The second kappa shape index (κ2) is 7.88. The summed E-state index contributed by atoms with van der Waals surface area (Å²) in [6, 6.07) is 7.09. The van der Waals surface area contributed by atoms with Crippen LogP contribution in [0, 0.1) is 0 Å². The number of nitrogens with two attached hydrogens (primary N) is 1. The van der Waals surface area contributed by atoms with Gasteiger partial charge in [0.25, 0.3) is 0 Å². The van der Waals surface area contributed by atoms with Crippen LogP contribution >= 0.6 is 0 Å². The van der Waals surface area contributed by atoms with Crippen molar-refractivity contribution in [3.63, 3.8) is 0 Å². The zero-order valence-corrected chi connectivity index (χ0v) is 11.7. The number of aryl methyl sites for hydroxylation is 1. The second-order valence-electron chi connectivity index (χ2n) is 4.55. The maximum absolute atomic E-state index is 11.6. The van der Waals surface area contributed by atoms with Gasteiger partial charge in [0, 0.05) is 18.7 Å². The summed E-state index contributed by atoms with van der Waals surface area (Å²) in [5.74, 6) is 1.52. The number of carbonyl (C=O) groups is 1. The fraction of sp³-hybridized carbons (Fsp3) is 0.357. The summed E-state index contributed by atoms with van der Waals surface area (Å²) in [6.07, 6.45) is 3.39. The summed E-state index contributed by atoms with van der Waals surface area (Å²) >= 11 is 0. The van der Waals surface area contributed by atoms with Gasteiger partial charge in [-0.15, -0.1) is 0 Å². The number of nitrogen functional groups attached to an aromatic ring is 1. The smallest absolute Gasteiger partial charge is 0.223 e. The molecule has 1 heterocycles. The Labute approximate surface area is 122 Å². The van der Waals surface area contributed by atoms with E-state index in [1.807, 2.05) is 0 Å². The zero-order chi connectivity index (χ0) is 14.9. The van der Waals surface area contributed by atoms with Crippen LogP contribution in [0.4, 0.5) is 5.69 Å². The Morgan fingerprint density at radius 1 is 1.33 bits per heavy atom. The van der Waals surface area contributed by atoms with Crippen LogP contribution in [0.2, 0.25) is 0 Å². The minimum absolute atomic E-state index is 0.0250. The molecule has 0 unspecified atom stereocenters. The van der Waals surface area contributed by atoms with Gasteiger partial charge in [-0.2, -0.15) is 5.10 Å². The molecule has 2 rings (SSSR count). The summed E-state index contributed by atoms with van der Waals surface area (Å²) in [6.45, 7) is 0.958. The maximum Gasteiger partial charge on any atom is 0.223 e. The Morgan fingerprint density at radius 3 is 2.86 bits per heavy atom. The lowest BCUT2D eigenvalue weighted by Gasteiger charge is -2.07. The lowest BCUT2D eigenvalue weighted by molar-refractivity contribution is -0.121. The maximum atomic E-state index is 11.6. The predicted octanol–water partition coefficient (Wildman–Crippen LogP) is 0.905. The molecule has 0 fully saturated rings. The zero-order valence-electron chi connectivity index (χ0n) is 11.7. The van der Waals surface area contributed by atoms with Gasteiger partial charge in [-0.1, -0.05) is 0 Å². The highest BCUT2D eigenvalue weighted by Gasteiger charge is 2.02. The summed E-state index contributed by atoms with van der Waals surface area (Å²) in [5, 5.41) is 9.38. The first kappa shape index (κ1) is 14.8. The molecule has 112 valence electrons. The topological polar surface area (TPSA) is 106 Å². The van der Waals surface area contributed by atoms with Crippen molar-refractivity contribution in [1.29, 1.82) is 0 Å². The molecule has 0 bridgehead atoms. The molecule has 7 nitrogen and oxygen atoms in total. The van der Waals surface area contributed by atoms with Gasteiger partial charge in [-0.05, 0) is 30.7 Å². The Balaban J connectivity index is 1.54. The predicted molar refractivity (Wildman–Crippen MR) is 78.7 cm³/mol. The summed E-state index contributed by atoms with van der Waals surface area (Å²) in [4.78, 5) is 15.6. The fourth-order valence-electron chi connectivity index (χ4n) is 1.75. The van der Waals surface area contributed by atoms with Gasteiger partial charge in [-0.3, -0.25) is 9.89 Å². The molecule has 0 saturated heterocycles. The highest BCUT2D eigenvalue weighted by Crippen LogP contribution is 2.12. The fourth-order valence-corrected chi connectivity index (χ4v) is 1.75. The number of nitrogens with one attached hydrogen (secondary N) is 2. The van der Waals surface area contributed by atoms with Crippen molar-refractivity contribution in [2.45, 2.75) is 19.3 Å². The number of H-pyrrole nitrogens is 1. The van der Waals surface area contributed by atoms with Crippen molar-refractivity contribution in [3.05, 3.63) is 36.4 Å². The number of nitrogens with zero attached hydrogens (tertiary/aromatic N) is 2. The molecule has 1 aromatic carbocycles. The third kappa shape index (κ3) is 5.52. The van der Waals surface area contributed by atoms with E-state index in [2.05, 4.69) is 20.5 Å². The van der Waals surface area contributed by atoms with Crippen LogP contribution in [-0.4, -0.2) is 34.2 Å². The number of carbonyl (C=O) groups excluding carboxylic acids is 1. The lowest BCUT2D eigenvalue weighted by atomic mass is 10.3. The van der Waals surface area contributed by atoms with E-state index in [9.17, 15) is 4.79 Å². The first-order valence-electron chi connectivity index (χ1n) is 6.83. The Morgan fingerprint density at radius 2 is 2.14 bits per heavy atom. The average molecular weight is 289 g/mol. The van der Waals surface area contributed by atoms with E-state index in [0.717, 1.165) is 18.7 Å². The number of hydrogen-bond donors (Lipinski definition) is 3. The molecule has 0 spiro atoms. The first-order valence-corrected chi connectivity index (χ1v) is 6.83.